The number of nitrogen functional groups attached to an aromatic ring is 1. The Labute approximate surface area is 65.1 Å². The molecule has 0 bridgehead atoms. The molecule has 0 saturated heterocycles. The van der Waals surface area contributed by atoms with E-state index in [2.05, 4.69) is 12.6 Å². The summed E-state index contributed by atoms with van der Waals surface area (Å²) < 4.78 is 0. The van der Waals surface area contributed by atoms with Crippen molar-refractivity contribution in [3.8, 4) is 5.75 Å². The number of thiol groups is 1. The third-order valence-corrected chi connectivity index (χ3v) is 1.57. The Morgan fingerprint density at radius 2 is 2.10 bits per heavy atom. The molecule has 0 heterocycles. The number of aryl methyl sites for hydroxylation is 1. The summed E-state index contributed by atoms with van der Waals surface area (Å²) in [4.78, 5) is 0.771. The van der Waals surface area contributed by atoms with E-state index in [1.54, 1.807) is 19.1 Å². The minimum Gasteiger partial charge on any atom is -0.506 e. The van der Waals surface area contributed by atoms with Crippen molar-refractivity contribution in [2.75, 3.05) is 5.73 Å². The van der Waals surface area contributed by atoms with Gasteiger partial charge in [0.15, 0.2) is 0 Å². The molecule has 1 aromatic carbocycles. The maximum atomic E-state index is 9.17. The van der Waals surface area contributed by atoms with E-state index in [4.69, 9.17) is 5.73 Å². The summed E-state index contributed by atoms with van der Waals surface area (Å²) in [5.41, 5.74) is 6.56. The number of aromatic hydroxyl groups is 1. The monoisotopic (exact) mass is 155 g/mol. The zero-order chi connectivity index (χ0) is 7.72. The minimum absolute atomic E-state index is 0.151. The number of phenolic OH excluding ortho intramolecular Hbond substituents is 1. The Kier molecular flexibility index (Phi) is 1.76. The molecule has 0 aliphatic heterocycles. The molecular formula is C7H9NOS. The van der Waals surface area contributed by atoms with Gasteiger partial charge in [-0.25, -0.2) is 0 Å². The predicted molar refractivity (Wildman–Crippen MR) is 44.5 cm³/mol. The van der Waals surface area contributed by atoms with E-state index in [1.807, 2.05) is 0 Å². The molecule has 1 rings (SSSR count). The van der Waals surface area contributed by atoms with Crippen LogP contribution < -0.4 is 5.73 Å². The topological polar surface area (TPSA) is 46.2 Å². The van der Waals surface area contributed by atoms with Crippen LogP contribution in [0.5, 0.6) is 5.75 Å². The van der Waals surface area contributed by atoms with E-state index < -0.39 is 0 Å². The van der Waals surface area contributed by atoms with E-state index in [1.165, 1.54) is 0 Å². The van der Waals surface area contributed by atoms with Crippen LogP contribution in [0.3, 0.4) is 0 Å². The van der Waals surface area contributed by atoms with Crippen LogP contribution in [0.4, 0.5) is 5.69 Å². The van der Waals surface area contributed by atoms with Crippen LogP contribution >= 0.6 is 12.6 Å². The molecule has 0 saturated carbocycles. The van der Waals surface area contributed by atoms with Crippen LogP contribution in [0.2, 0.25) is 0 Å². The zero-order valence-corrected chi connectivity index (χ0v) is 6.52. The van der Waals surface area contributed by atoms with Gasteiger partial charge in [-0.1, -0.05) is 0 Å². The third-order valence-electron chi connectivity index (χ3n) is 1.31. The van der Waals surface area contributed by atoms with E-state index in [9.17, 15) is 5.11 Å². The van der Waals surface area contributed by atoms with Crippen molar-refractivity contribution in [2.24, 2.45) is 0 Å². The summed E-state index contributed by atoms with van der Waals surface area (Å²) in [6.45, 7) is 1.78. The molecule has 54 valence electrons. The molecule has 0 aliphatic rings. The highest BCUT2D eigenvalue weighted by Crippen LogP contribution is 2.26. The van der Waals surface area contributed by atoms with Gasteiger partial charge < -0.3 is 10.8 Å². The standard InChI is InChI=1S/C7H9NOS/c1-4-2-5(10)3-6(8)7(4)9/h2-3,9-10H,8H2,1H3. The molecule has 0 spiro atoms. The summed E-state index contributed by atoms with van der Waals surface area (Å²) in [6.07, 6.45) is 0. The van der Waals surface area contributed by atoms with Gasteiger partial charge in [-0.05, 0) is 24.6 Å². The smallest absolute Gasteiger partial charge is 0.141 e. The molecule has 3 heteroatoms. The maximum absolute atomic E-state index is 9.17. The molecule has 3 N–H and O–H groups in total. The van der Waals surface area contributed by atoms with Gasteiger partial charge in [0.05, 0.1) is 5.69 Å². The van der Waals surface area contributed by atoms with Crippen molar-refractivity contribution in [2.45, 2.75) is 11.8 Å². The second-order valence-corrected chi connectivity index (χ2v) is 2.72. The summed E-state index contributed by atoms with van der Waals surface area (Å²) in [5, 5.41) is 9.17. The van der Waals surface area contributed by atoms with Crippen LogP contribution in [-0.4, -0.2) is 5.11 Å². The summed E-state index contributed by atoms with van der Waals surface area (Å²) >= 11 is 4.08. The highest BCUT2D eigenvalue weighted by molar-refractivity contribution is 7.80. The fourth-order valence-electron chi connectivity index (χ4n) is 0.787. The van der Waals surface area contributed by atoms with E-state index >= 15 is 0 Å². The molecule has 0 fully saturated rings. The lowest BCUT2D eigenvalue weighted by molar-refractivity contribution is 0.473. The quantitative estimate of drug-likeness (QED) is 0.302. The van der Waals surface area contributed by atoms with E-state index in [0.717, 1.165) is 10.5 Å². The lowest BCUT2D eigenvalue weighted by Gasteiger charge is -2.02. The van der Waals surface area contributed by atoms with Crippen molar-refractivity contribution in [1.29, 1.82) is 0 Å². The number of benzene rings is 1. The third kappa shape index (κ3) is 1.19. The Morgan fingerprint density at radius 1 is 1.50 bits per heavy atom. The Hall–Kier alpha value is -0.830. The first-order chi connectivity index (χ1) is 4.61. The van der Waals surface area contributed by atoms with Crippen LogP contribution in [-0.2, 0) is 0 Å². The first-order valence-electron chi connectivity index (χ1n) is 2.89. The van der Waals surface area contributed by atoms with Crippen LogP contribution in [0.25, 0.3) is 0 Å². The fraction of sp³-hybridized carbons (Fsp3) is 0.143. The number of anilines is 1. The normalized spacial score (nSPS) is 9.80. The summed E-state index contributed by atoms with van der Waals surface area (Å²) in [6, 6.07) is 3.38. The number of hydrogen-bond donors (Lipinski definition) is 3. The largest absolute Gasteiger partial charge is 0.506 e. The second kappa shape index (κ2) is 2.42. The fourth-order valence-corrected chi connectivity index (χ4v) is 1.12. The van der Waals surface area contributed by atoms with Crippen LogP contribution in [0, 0.1) is 6.92 Å². The predicted octanol–water partition coefficient (Wildman–Crippen LogP) is 1.57. The number of nitrogens with two attached hydrogens (primary N) is 1. The van der Waals surface area contributed by atoms with Crippen LogP contribution in [0.15, 0.2) is 17.0 Å². The Bertz CT molecular complexity index is 237. The molecule has 0 amide bonds. The first-order valence-corrected chi connectivity index (χ1v) is 3.34. The van der Waals surface area contributed by atoms with Crippen molar-refractivity contribution in [3.63, 3.8) is 0 Å². The molecule has 0 atom stereocenters. The van der Waals surface area contributed by atoms with Gasteiger partial charge in [0, 0.05) is 4.90 Å². The average molecular weight is 155 g/mol. The molecule has 0 aromatic heterocycles. The Morgan fingerprint density at radius 3 is 2.60 bits per heavy atom. The van der Waals surface area contributed by atoms with Gasteiger partial charge in [0.25, 0.3) is 0 Å². The van der Waals surface area contributed by atoms with Crippen LogP contribution in [0.1, 0.15) is 5.56 Å². The molecule has 0 radical (unpaired) electrons. The zero-order valence-electron chi connectivity index (χ0n) is 5.63. The van der Waals surface area contributed by atoms with Gasteiger partial charge in [-0.15, -0.1) is 12.6 Å². The van der Waals surface area contributed by atoms with Gasteiger partial charge in [0.1, 0.15) is 5.75 Å². The molecule has 0 unspecified atom stereocenters. The van der Waals surface area contributed by atoms with Crippen molar-refractivity contribution in [1.82, 2.24) is 0 Å². The molecule has 2 nitrogen and oxygen atoms in total. The SMILES string of the molecule is Cc1cc(S)cc(N)c1O. The summed E-state index contributed by atoms with van der Waals surface area (Å²) in [5.74, 6) is 0.151. The van der Waals surface area contributed by atoms with E-state index in [0.29, 0.717) is 5.69 Å². The minimum atomic E-state index is 0.151. The number of hydrogen-bond acceptors (Lipinski definition) is 3. The van der Waals surface area contributed by atoms with Gasteiger partial charge in [-0.2, -0.15) is 0 Å². The highest BCUT2D eigenvalue weighted by Gasteiger charge is 2.00. The number of phenols is 1. The lowest BCUT2D eigenvalue weighted by Crippen LogP contribution is -1.87. The molecule has 10 heavy (non-hydrogen) atoms. The van der Waals surface area contributed by atoms with E-state index in [-0.39, 0.29) is 5.75 Å². The number of rotatable bonds is 0. The molecule has 0 aliphatic carbocycles. The highest BCUT2D eigenvalue weighted by atomic mass is 32.1. The second-order valence-electron chi connectivity index (χ2n) is 2.20. The first kappa shape index (κ1) is 7.28. The Balaban J connectivity index is 3.31. The average Bonchev–Trinajstić information content (AvgIpc) is 1.82. The van der Waals surface area contributed by atoms with Crippen molar-refractivity contribution >= 4 is 18.3 Å². The summed E-state index contributed by atoms with van der Waals surface area (Å²) in [7, 11) is 0. The molecular weight excluding hydrogens is 146 g/mol. The maximum Gasteiger partial charge on any atom is 0.141 e. The van der Waals surface area contributed by atoms with Crippen molar-refractivity contribution in [3.05, 3.63) is 17.7 Å². The van der Waals surface area contributed by atoms with Gasteiger partial charge in [-0.3, -0.25) is 0 Å². The van der Waals surface area contributed by atoms with Gasteiger partial charge in [0.2, 0.25) is 0 Å². The van der Waals surface area contributed by atoms with Gasteiger partial charge >= 0.3 is 0 Å². The van der Waals surface area contributed by atoms with Crippen molar-refractivity contribution < 1.29 is 5.11 Å². The lowest BCUT2D eigenvalue weighted by atomic mass is 10.2. The molecule has 1 aromatic rings.